The second-order valence-corrected chi connectivity index (χ2v) is 6.37. The number of carbonyl (C=O) groups excluding carboxylic acids is 1. The second kappa shape index (κ2) is 6.17. The molecule has 0 bridgehead atoms. The molecule has 0 saturated carbocycles. The van der Waals surface area contributed by atoms with Crippen LogP contribution >= 0.6 is 11.3 Å². The summed E-state index contributed by atoms with van der Waals surface area (Å²) in [5, 5.41) is 10.4. The van der Waals surface area contributed by atoms with E-state index < -0.39 is 0 Å². The van der Waals surface area contributed by atoms with Crippen molar-refractivity contribution in [2.24, 2.45) is 0 Å². The van der Waals surface area contributed by atoms with Gasteiger partial charge in [-0.05, 0) is 17.5 Å². The van der Waals surface area contributed by atoms with Crippen molar-refractivity contribution in [1.82, 2.24) is 24.3 Å². The van der Waals surface area contributed by atoms with E-state index in [1.165, 1.54) is 15.5 Å². The predicted octanol–water partition coefficient (Wildman–Crippen LogP) is 0.478. The maximum Gasteiger partial charge on any atom is 0.293 e. The molecular formula is C15H15N5O3S. The SMILES string of the molecule is O=C(Cn1ncn2nc(-c3cccs3)cc2c1=O)N1CCOCC1. The van der Waals surface area contributed by atoms with Crippen molar-refractivity contribution in [3.8, 4) is 10.6 Å². The molecule has 9 heteroatoms. The first-order chi connectivity index (χ1) is 11.7. The first kappa shape index (κ1) is 15.0. The molecule has 3 aromatic heterocycles. The zero-order chi connectivity index (χ0) is 16.5. The van der Waals surface area contributed by atoms with Crippen molar-refractivity contribution in [3.63, 3.8) is 0 Å². The molecule has 0 aromatic carbocycles. The minimum Gasteiger partial charge on any atom is -0.378 e. The molecule has 4 rings (SSSR count). The zero-order valence-corrected chi connectivity index (χ0v) is 13.6. The number of amides is 1. The topological polar surface area (TPSA) is 81.7 Å². The Morgan fingerprint density at radius 3 is 2.92 bits per heavy atom. The Bertz CT molecular complexity index is 924. The van der Waals surface area contributed by atoms with Crippen LogP contribution in [-0.2, 0) is 16.1 Å². The number of hydrogen-bond acceptors (Lipinski definition) is 6. The molecule has 0 unspecified atom stereocenters. The van der Waals surface area contributed by atoms with Gasteiger partial charge in [0.2, 0.25) is 5.91 Å². The average Bonchev–Trinajstić information content (AvgIpc) is 3.27. The number of ether oxygens (including phenoxy) is 1. The van der Waals surface area contributed by atoms with E-state index in [4.69, 9.17) is 4.74 Å². The van der Waals surface area contributed by atoms with E-state index in [-0.39, 0.29) is 18.0 Å². The van der Waals surface area contributed by atoms with Gasteiger partial charge in [-0.2, -0.15) is 10.2 Å². The highest BCUT2D eigenvalue weighted by atomic mass is 32.1. The minimum absolute atomic E-state index is 0.0746. The van der Waals surface area contributed by atoms with Crippen molar-refractivity contribution in [1.29, 1.82) is 0 Å². The van der Waals surface area contributed by atoms with Crippen LogP contribution in [0, 0.1) is 0 Å². The third-order valence-electron chi connectivity index (χ3n) is 3.91. The van der Waals surface area contributed by atoms with Crippen LogP contribution in [0.1, 0.15) is 0 Å². The minimum atomic E-state index is -0.325. The number of carbonyl (C=O) groups is 1. The van der Waals surface area contributed by atoms with Crippen molar-refractivity contribution in [3.05, 3.63) is 40.3 Å². The Balaban J connectivity index is 1.63. The lowest BCUT2D eigenvalue weighted by Crippen LogP contribution is -2.43. The van der Waals surface area contributed by atoms with Crippen LogP contribution in [0.2, 0.25) is 0 Å². The summed E-state index contributed by atoms with van der Waals surface area (Å²) in [6.07, 6.45) is 1.46. The molecule has 1 aliphatic rings. The normalized spacial score (nSPS) is 15.1. The molecule has 4 heterocycles. The highest BCUT2D eigenvalue weighted by Crippen LogP contribution is 2.23. The van der Waals surface area contributed by atoms with Gasteiger partial charge in [0.1, 0.15) is 24.1 Å². The second-order valence-electron chi connectivity index (χ2n) is 5.42. The molecule has 1 amide bonds. The van der Waals surface area contributed by atoms with Gasteiger partial charge < -0.3 is 9.64 Å². The van der Waals surface area contributed by atoms with Crippen LogP contribution < -0.4 is 5.56 Å². The number of fused-ring (bicyclic) bond motifs is 1. The standard InChI is InChI=1S/C15H15N5O3S/c21-14(18-3-5-23-6-4-18)9-19-15(22)12-8-11(13-2-1-7-24-13)17-20(12)10-16-19/h1-2,7-8,10H,3-6,9H2. The Morgan fingerprint density at radius 2 is 2.17 bits per heavy atom. The Labute approximate surface area is 140 Å². The zero-order valence-electron chi connectivity index (χ0n) is 12.8. The van der Waals surface area contributed by atoms with Crippen LogP contribution in [0.15, 0.2) is 34.7 Å². The summed E-state index contributed by atoms with van der Waals surface area (Å²) in [6.45, 7) is 2.07. The lowest BCUT2D eigenvalue weighted by Gasteiger charge is -2.26. The molecule has 0 radical (unpaired) electrons. The molecule has 0 aliphatic carbocycles. The van der Waals surface area contributed by atoms with Gasteiger partial charge in [0, 0.05) is 13.1 Å². The number of hydrogen-bond donors (Lipinski definition) is 0. The Morgan fingerprint density at radius 1 is 1.33 bits per heavy atom. The third-order valence-corrected chi connectivity index (χ3v) is 4.80. The quantitative estimate of drug-likeness (QED) is 0.690. The number of morpholine rings is 1. The molecule has 1 aliphatic heterocycles. The highest BCUT2D eigenvalue weighted by molar-refractivity contribution is 7.13. The molecular weight excluding hydrogens is 330 g/mol. The summed E-state index contributed by atoms with van der Waals surface area (Å²) in [5.41, 5.74) is 0.804. The van der Waals surface area contributed by atoms with Gasteiger partial charge in [0.05, 0.1) is 18.1 Å². The Hall–Kier alpha value is -2.52. The van der Waals surface area contributed by atoms with E-state index in [9.17, 15) is 9.59 Å². The molecule has 8 nitrogen and oxygen atoms in total. The summed E-state index contributed by atoms with van der Waals surface area (Å²) in [5.74, 6) is -0.129. The van der Waals surface area contributed by atoms with Gasteiger partial charge in [-0.15, -0.1) is 11.3 Å². The van der Waals surface area contributed by atoms with E-state index in [1.54, 1.807) is 22.3 Å². The number of aromatic nitrogens is 4. The summed E-state index contributed by atoms with van der Waals surface area (Å²) in [6, 6.07) is 5.60. The largest absolute Gasteiger partial charge is 0.378 e. The molecule has 24 heavy (non-hydrogen) atoms. The number of nitrogens with zero attached hydrogens (tertiary/aromatic N) is 5. The van der Waals surface area contributed by atoms with E-state index in [0.29, 0.717) is 31.8 Å². The highest BCUT2D eigenvalue weighted by Gasteiger charge is 2.19. The van der Waals surface area contributed by atoms with Crippen LogP contribution in [-0.4, -0.2) is 56.5 Å². The fourth-order valence-corrected chi connectivity index (χ4v) is 3.32. The van der Waals surface area contributed by atoms with Gasteiger partial charge in [-0.1, -0.05) is 6.07 Å². The first-order valence-electron chi connectivity index (χ1n) is 7.57. The third kappa shape index (κ3) is 2.72. The monoisotopic (exact) mass is 345 g/mol. The summed E-state index contributed by atoms with van der Waals surface area (Å²) in [7, 11) is 0. The van der Waals surface area contributed by atoms with Gasteiger partial charge in [-0.3, -0.25) is 9.59 Å². The van der Waals surface area contributed by atoms with Crippen LogP contribution in [0.25, 0.3) is 16.1 Å². The maximum atomic E-state index is 12.6. The summed E-state index contributed by atoms with van der Waals surface area (Å²) < 4.78 is 7.87. The van der Waals surface area contributed by atoms with Gasteiger partial charge in [0.15, 0.2) is 0 Å². The van der Waals surface area contributed by atoms with Gasteiger partial charge in [-0.25, -0.2) is 9.20 Å². The fourth-order valence-electron chi connectivity index (χ4n) is 2.64. The number of rotatable bonds is 3. The molecule has 0 spiro atoms. The van der Waals surface area contributed by atoms with E-state index in [0.717, 1.165) is 10.6 Å². The number of thiophene rings is 1. The Kier molecular flexibility index (Phi) is 3.87. The lowest BCUT2D eigenvalue weighted by atomic mass is 10.3. The van der Waals surface area contributed by atoms with E-state index >= 15 is 0 Å². The molecule has 0 N–H and O–H groups in total. The molecule has 1 saturated heterocycles. The summed E-state index contributed by atoms with van der Waals surface area (Å²) in [4.78, 5) is 27.5. The lowest BCUT2D eigenvalue weighted by molar-refractivity contribution is -0.136. The van der Waals surface area contributed by atoms with Crippen LogP contribution in [0.4, 0.5) is 0 Å². The van der Waals surface area contributed by atoms with Crippen molar-refractivity contribution in [2.45, 2.75) is 6.54 Å². The maximum absolute atomic E-state index is 12.6. The van der Waals surface area contributed by atoms with E-state index in [1.807, 2.05) is 17.5 Å². The predicted molar refractivity (Wildman–Crippen MR) is 88.0 cm³/mol. The fraction of sp³-hybridized carbons (Fsp3) is 0.333. The van der Waals surface area contributed by atoms with Crippen LogP contribution in [0.5, 0.6) is 0 Å². The van der Waals surface area contributed by atoms with Crippen molar-refractivity contribution >= 4 is 22.8 Å². The average molecular weight is 345 g/mol. The van der Waals surface area contributed by atoms with Crippen LogP contribution in [0.3, 0.4) is 0 Å². The van der Waals surface area contributed by atoms with Crippen molar-refractivity contribution < 1.29 is 9.53 Å². The molecule has 124 valence electrons. The first-order valence-corrected chi connectivity index (χ1v) is 8.45. The van der Waals surface area contributed by atoms with Gasteiger partial charge in [0.25, 0.3) is 5.56 Å². The van der Waals surface area contributed by atoms with E-state index in [2.05, 4.69) is 10.2 Å². The smallest absolute Gasteiger partial charge is 0.293 e. The molecule has 0 atom stereocenters. The summed E-state index contributed by atoms with van der Waals surface area (Å²) >= 11 is 1.55. The van der Waals surface area contributed by atoms with Gasteiger partial charge >= 0.3 is 0 Å². The van der Waals surface area contributed by atoms with Crippen molar-refractivity contribution in [2.75, 3.05) is 26.3 Å². The molecule has 1 fully saturated rings. The molecule has 3 aromatic rings.